The van der Waals surface area contributed by atoms with Crippen LogP contribution in [0.1, 0.15) is 183 Å². The zero-order valence-corrected chi connectivity index (χ0v) is 86.3. The standard InChI is InChI=1S/C56H65IN8O12.C52H61N7O10/c1-8-11-37-20-39-27-59-42-23-45(33(5)19-40(42)53(70)63(39)29-37)75-17-10-18-76-47-24-43-41(22-46(47)74-7)54(71)64-30-38(12-9-2)21-44(64)55(72)65(43)56(73)77-31-36-15-13-35(14-16-36)26-58-34(6)51(68)62-50(32(3)4)52(69)61-49(67)28-60-48(66)25-57;1-8-11-35-20-37-26-55-40-23-43(31(5)19-38(40)49(62)57(37)27-35)67-17-10-18-68-45-24-41-39(22-44(45)66-7)50(63)58-28-36(12-9-2)21-42(58)51(64)59(41)52(65)69-29-34-15-13-33(14-16-34)25-54-32(6)48(61)56-46(30(3)4)47(53)60/h8-9,11-16,19,22-24,27,29-30,32,34,39,44,50,55,58,72H,10,17-18,20-21,25-26,28,31H2,1-7H3,(H,60,66)(H,62,68)(H,61,67,69);8-9,11-16,19,22-24,26-28,30,32,37,42,46,51,54,64H,10,17-18,20-21,25,29H2,1-7H3,(H2,53,60)(H,56,61)/b2*11-8+,12-9+/t34-,39-,44-,50-,55-;32-,37-,42-,46-,51-/m00/s1. The van der Waals surface area contributed by atoms with Crippen LogP contribution in [0, 0.1) is 25.7 Å². The number of methoxy groups -OCH3 is 2. The third-order valence-electron chi connectivity index (χ3n) is 25.6. The molecule has 146 heavy (non-hydrogen) atoms. The molecule has 8 aliphatic rings. The lowest BCUT2D eigenvalue weighted by atomic mass is 10.0. The normalized spacial score (nSPS) is 18.8. The van der Waals surface area contributed by atoms with Crippen LogP contribution in [-0.4, -0.2) is 226 Å². The van der Waals surface area contributed by atoms with Crippen molar-refractivity contribution in [1.82, 2.24) is 51.5 Å². The Hall–Kier alpha value is -14.6. The Morgan fingerprint density at radius 2 is 0.822 bits per heavy atom. The molecular weight excluding hydrogens is 1990 g/mol. The highest BCUT2D eigenvalue weighted by Crippen LogP contribution is 2.46. The van der Waals surface area contributed by atoms with Gasteiger partial charge in [0.15, 0.2) is 35.5 Å². The molecule has 10 N–H and O–H groups in total. The number of aliphatic hydroxyl groups excluding tert-OH is 2. The number of aliphatic hydroxyl groups is 2. The van der Waals surface area contributed by atoms with E-state index in [9.17, 15) is 67.7 Å². The number of rotatable bonds is 39. The van der Waals surface area contributed by atoms with Crippen molar-refractivity contribution in [3.8, 4) is 34.5 Å². The minimum absolute atomic E-state index is 0.0604. The summed E-state index contributed by atoms with van der Waals surface area (Å²) in [7, 11) is 2.89. The number of anilines is 2. The van der Waals surface area contributed by atoms with Crippen LogP contribution in [0.2, 0.25) is 0 Å². The van der Waals surface area contributed by atoms with Crippen molar-refractivity contribution in [2.75, 3.05) is 61.4 Å². The molecule has 10 atom stereocenters. The van der Waals surface area contributed by atoms with Gasteiger partial charge in [0.05, 0.1) is 133 Å². The van der Waals surface area contributed by atoms with E-state index in [1.54, 1.807) is 137 Å². The van der Waals surface area contributed by atoms with E-state index in [0.717, 1.165) is 54.3 Å². The van der Waals surface area contributed by atoms with Crippen LogP contribution in [0.15, 0.2) is 203 Å². The Bertz CT molecular complexity index is 6280. The summed E-state index contributed by atoms with van der Waals surface area (Å²) >= 11 is 1.85. The van der Waals surface area contributed by atoms with Crippen LogP contribution in [-0.2, 0) is 64.5 Å². The Kier molecular flexibility index (Phi) is 37.1. The number of carbonyl (C=O) groups is 12. The quantitative estimate of drug-likeness (QED) is 0.00983. The molecule has 6 aromatic rings. The molecule has 0 unspecified atom stereocenters. The van der Waals surface area contributed by atoms with Gasteiger partial charge < -0.3 is 100 Å². The third kappa shape index (κ3) is 26.0. The Labute approximate surface area is 861 Å². The third-order valence-corrected chi connectivity index (χ3v) is 26.3. The average molecular weight is 2110 g/mol. The molecule has 0 aromatic heterocycles. The number of hydrogen-bond donors (Lipinski definition) is 9. The van der Waals surface area contributed by atoms with E-state index < -0.39 is 96.3 Å². The van der Waals surface area contributed by atoms with E-state index in [2.05, 4.69) is 41.9 Å². The number of allylic oxidation sites excluding steroid dienone is 8. The number of aliphatic imine (C=N–C) groups is 2. The SMILES string of the molecule is C/C=C/C1=CN2C(=O)c3cc(C)c(OCCCOc4cc5c(cc4OC)C(=O)N4C=C(/C=C/C)C[C@H]4[C@H](O)N5C(=O)OCc4ccc(CN[C@@H](C)C(=O)N[C@H](C(=O)NC(=O)CNC(=O)CI)C(C)C)cc4)cc3N=C[C@@H]2C1.C/C=C/C1=CN2C(=O)c3cc(C)c(OCCCOc4cc5c(cc4OC)C(=O)N4C=C(/C=C/C)C[C@H]4[C@H](O)N5C(=O)OCc4ccc(CN[C@@H](C)C(=O)N[C@H](C(N)=O)C(C)C)cc4)cc3N=C[C@@H]2C1. The van der Waals surface area contributed by atoms with Gasteiger partial charge in [-0.3, -0.25) is 63.2 Å². The minimum atomic E-state index is -1.53. The first-order valence-electron chi connectivity index (χ1n) is 48.5. The van der Waals surface area contributed by atoms with Crippen molar-refractivity contribution in [2.45, 2.75) is 209 Å². The van der Waals surface area contributed by atoms with E-state index in [4.69, 9.17) is 43.6 Å². The number of carbonyl (C=O) groups excluding carboxylic acids is 12. The lowest BCUT2D eigenvalue weighted by Gasteiger charge is -2.31. The van der Waals surface area contributed by atoms with Crippen molar-refractivity contribution in [2.24, 2.45) is 27.6 Å². The molecule has 37 nitrogen and oxygen atoms in total. The fraction of sp³-hybridized carbons (Fsp3) is 0.389. The number of halogens is 1. The first-order valence-corrected chi connectivity index (χ1v) is 50.0. The summed E-state index contributed by atoms with van der Waals surface area (Å²) in [6.07, 6.45) is 23.9. The van der Waals surface area contributed by atoms with Crippen LogP contribution < -0.4 is 75.9 Å². The van der Waals surface area contributed by atoms with Gasteiger partial charge in [0, 0.05) is 87.4 Å². The minimum Gasteiger partial charge on any atom is -0.493 e. The smallest absolute Gasteiger partial charge is 0.416 e. The zero-order valence-electron chi connectivity index (χ0n) is 84.2. The first kappa shape index (κ1) is 109. The van der Waals surface area contributed by atoms with Crippen molar-refractivity contribution in [3.63, 3.8) is 0 Å². The van der Waals surface area contributed by atoms with Gasteiger partial charge in [0.25, 0.3) is 23.6 Å². The zero-order chi connectivity index (χ0) is 105. The van der Waals surface area contributed by atoms with Crippen LogP contribution in [0.25, 0.3) is 0 Å². The fourth-order valence-electron chi connectivity index (χ4n) is 17.7. The Balaban J connectivity index is 0.000000246. The summed E-state index contributed by atoms with van der Waals surface area (Å²) in [6.45, 7) is 22.4. The van der Waals surface area contributed by atoms with Crippen molar-refractivity contribution in [3.05, 3.63) is 248 Å². The molecule has 38 heteroatoms. The largest absolute Gasteiger partial charge is 0.493 e. The molecule has 0 bridgehead atoms. The summed E-state index contributed by atoms with van der Waals surface area (Å²) in [5.41, 5.74) is 16.0. The number of amides is 12. The van der Waals surface area contributed by atoms with E-state index >= 15 is 0 Å². The summed E-state index contributed by atoms with van der Waals surface area (Å²) in [5.74, 6) is -2.74. The number of imide groups is 1. The second-order valence-corrected chi connectivity index (χ2v) is 37.7. The number of aryl methyl sites for hydroxylation is 2. The molecule has 6 aromatic carbocycles. The van der Waals surface area contributed by atoms with Gasteiger partial charge >= 0.3 is 12.2 Å². The number of fused-ring (bicyclic) bond motifs is 8. The number of nitrogens with zero attached hydrogens (tertiary/aromatic N) is 8. The highest BCUT2D eigenvalue weighted by atomic mass is 127. The van der Waals surface area contributed by atoms with Gasteiger partial charge in [-0.25, -0.2) is 19.4 Å². The van der Waals surface area contributed by atoms with Gasteiger partial charge in [0.1, 0.15) is 36.8 Å². The molecule has 12 amide bonds. The highest BCUT2D eigenvalue weighted by Gasteiger charge is 2.49. The van der Waals surface area contributed by atoms with Gasteiger partial charge in [-0.2, -0.15) is 0 Å². The van der Waals surface area contributed by atoms with Crippen LogP contribution in [0.4, 0.5) is 32.3 Å². The first-order chi connectivity index (χ1) is 70.0. The van der Waals surface area contributed by atoms with Gasteiger partial charge in [-0.1, -0.05) is 147 Å². The van der Waals surface area contributed by atoms with Crippen molar-refractivity contribution < 1.29 is 106 Å². The van der Waals surface area contributed by atoms with Crippen molar-refractivity contribution in [1.29, 1.82) is 0 Å². The molecular formula is C108H126IN15O22. The molecule has 8 heterocycles. The fourth-order valence-corrected chi connectivity index (χ4v) is 18.0. The van der Waals surface area contributed by atoms with Gasteiger partial charge in [0.2, 0.25) is 35.4 Å². The maximum atomic E-state index is 14.3. The highest BCUT2D eigenvalue weighted by molar-refractivity contribution is 14.1. The molecule has 0 aliphatic carbocycles. The Morgan fingerprint density at radius 1 is 0.459 bits per heavy atom. The lowest BCUT2D eigenvalue weighted by molar-refractivity contribution is -0.135. The number of hydrogen-bond acceptors (Lipinski definition) is 26. The number of alkyl halides is 1. The average Bonchev–Trinajstić information content (AvgIpc) is 1.60. The number of primary amides is 1. The maximum Gasteiger partial charge on any atom is 0.416 e. The van der Waals surface area contributed by atoms with Crippen LogP contribution >= 0.6 is 22.6 Å². The predicted molar refractivity (Wildman–Crippen MR) is 556 cm³/mol. The molecule has 772 valence electrons. The second-order valence-electron chi connectivity index (χ2n) is 36.9. The van der Waals surface area contributed by atoms with Gasteiger partial charge in [-0.15, -0.1) is 0 Å². The molecule has 0 radical (unpaired) electrons. The van der Waals surface area contributed by atoms with E-state index in [1.165, 1.54) is 48.3 Å². The monoisotopic (exact) mass is 2110 g/mol. The number of nitrogens with two attached hydrogens (primary N) is 1. The molecule has 0 saturated carbocycles. The maximum absolute atomic E-state index is 14.3. The summed E-state index contributed by atoms with van der Waals surface area (Å²) in [6, 6.07) is 22.3. The van der Waals surface area contributed by atoms with Crippen LogP contribution in [0.5, 0.6) is 34.5 Å². The second kappa shape index (κ2) is 49.8. The summed E-state index contributed by atoms with van der Waals surface area (Å²) in [5, 5.41) is 40.3. The summed E-state index contributed by atoms with van der Waals surface area (Å²) in [4.78, 5) is 176. The molecule has 14 rings (SSSR count). The number of ether oxygens (including phenoxy) is 8. The van der Waals surface area contributed by atoms with E-state index in [0.29, 0.717) is 77.4 Å². The topological polar surface area (TPSA) is 462 Å². The van der Waals surface area contributed by atoms with Gasteiger partial charge in [-0.05, 0) is 173 Å². The Morgan fingerprint density at radius 3 is 1.19 bits per heavy atom. The predicted octanol–water partition coefficient (Wildman–Crippen LogP) is 12.7. The van der Waals surface area contributed by atoms with Crippen LogP contribution in [0.3, 0.4) is 0 Å². The molecule has 0 saturated heterocycles. The molecule has 8 aliphatic heterocycles. The summed E-state index contributed by atoms with van der Waals surface area (Å²) < 4.78 is 48.0. The lowest BCUT2D eigenvalue weighted by Crippen LogP contribution is -2.55. The van der Waals surface area contributed by atoms with E-state index in [1.807, 2.05) is 137 Å². The molecule has 0 fully saturated rings. The number of nitrogens with one attached hydrogen (secondary N) is 6. The number of benzene rings is 6. The molecule has 0 spiro atoms. The van der Waals surface area contributed by atoms with Crippen molar-refractivity contribution >= 4 is 129 Å². The van der Waals surface area contributed by atoms with E-state index in [-0.39, 0.29) is 163 Å².